The molecule has 0 saturated carbocycles. The minimum atomic E-state index is -0.600. The maximum atomic E-state index is 13.7. The predicted molar refractivity (Wildman–Crippen MR) is 88.2 cm³/mol. The Hall–Kier alpha value is -2.03. The third kappa shape index (κ3) is 3.41. The molecule has 0 bridgehead atoms. The van der Waals surface area contributed by atoms with E-state index in [1.54, 1.807) is 0 Å². The molecule has 0 radical (unpaired) electrons. The van der Waals surface area contributed by atoms with E-state index in [0.29, 0.717) is 0 Å². The van der Waals surface area contributed by atoms with Crippen molar-refractivity contribution in [1.82, 2.24) is 0 Å². The second-order valence-corrected chi connectivity index (χ2v) is 5.99. The van der Waals surface area contributed by atoms with Crippen molar-refractivity contribution in [2.24, 2.45) is 4.99 Å². The number of nitrogens with zero attached hydrogens (tertiary/aromatic N) is 1. The number of para-hydroxylation sites is 1. The molecule has 0 aromatic heterocycles. The molecule has 2 rings (SSSR count). The van der Waals surface area contributed by atoms with Gasteiger partial charge in [-0.15, -0.1) is 0 Å². The van der Waals surface area contributed by atoms with Crippen LogP contribution in [0.1, 0.15) is 56.2 Å². The van der Waals surface area contributed by atoms with Gasteiger partial charge in [-0.3, -0.25) is 4.99 Å². The van der Waals surface area contributed by atoms with Gasteiger partial charge in [0.05, 0.1) is 11.3 Å². The Morgan fingerprint density at radius 1 is 0.818 bits per heavy atom. The van der Waals surface area contributed by atoms with Crippen molar-refractivity contribution in [2.75, 3.05) is 0 Å². The van der Waals surface area contributed by atoms with Crippen LogP contribution < -0.4 is 0 Å². The molecule has 0 fully saturated rings. The van der Waals surface area contributed by atoms with E-state index in [-0.39, 0.29) is 17.4 Å². The third-order valence-electron chi connectivity index (χ3n) is 3.66. The second-order valence-electron chi connectivity index (χ2n) is 5.99. The standard InChI is InChI=1S/C19H21F2N/c1-12(2)14-7-5-8-15(13(3)4)19(14)22-11-16-17(20)9-6-10-18(16)21/h5-13H,1-4H3. The molecular formula is C19H21F2N. The molecule has 0 amide bonds. The average Bonchev–Trinajstić information content (AvgIpc) is 2.46. The number of aliphatic imine (C=N–C) groups is 1. The largest absolute Gasteiger partial charge is 0.255 e. The Balaban J connectivity index is 2.54. The lowest BCUT2D eigenvalue weighted by atomic mass is 9.93. The summed E-state index contributed by atoms with van der Waals surface area (Å²) < 4.78 is 27.5. The van der Waals surface area contributed by atoms with Crippen molar-refractivity contribution in [2.45, 2.75) is 39.5 Å². The maximum Gasteiger partial charge on any atom is 0.134 e. The van der Waals surface area contributed by atoms with Crippen LogP contribution in [0.3, 0.4) is 0 Å². The summed E-state index contributed by atoms with van der Waals surface area (Å²) in [4.78, 5) is 4.44. The van der Waals surface area contributed by atoms with Crippen LogP contribution in [0.5, 0.6) is 0 Å². The van der Waals surface area contributed by atoms with Gasteiger partial charge < -0.3 is 0 Å². The number of benzene rings is 2. The van der Waals surface area contributed by atoms with Gasteiger partial charge in [0, 0.05) is 6.21 Å². The normalized spacial score (nSPS) is 11.8. The summed E-state index contributed by atoms with van der Waals surface area (Å²) >= 11 is 0. The quantitative estimate of drug-likeness (QED) is 0.618. The van der Waals surface area contributed by atoms with Crippen molar-refractivity contribution in [3.63, 3.8) is 0 Å². The molecule has 0 heterocycles. The summed E-state index contributed by atoms with van der Waals surface area (Å²) in [5, 5.41) is 0. The average molecular weight is 301 g/mol. The second kappa shape index (κ2) is 6.82. The molecule has 0 spiro atoms. The number of halogens is 2. The summed E-state index contributed by atoms with van der Waals surface area (Å²) in [6.45, 7) is 8.34. The van der Waals surface area contributed by atoms with E-state index in [4.69, 9.17) is 0 Å². The fourth-order valence-electron chi connectivity index (χ4n) is 2.42. The van der Waals surface area contributed by atoms with Gasteiger partial charge in [-0.1, -0.05) is 52.0 Å². The molecule has 0 aliphatic heterocycles. The Bertz CT molecular complexity index is 641. The number of hydrogen-bond acceptors (Lipinski definition) is 1. The zero-order valence-corrected chi connectivity index (χ0v) is 13.4. The van der Waals surface area contributed by atoms with Gasteiger partial charge in [0.25, 0.3) is 0 Å². The highest BCUT2D eigenvalue weighted by Gasteiger charge is 2.13. The molecule has 2 aromatic carbocycles. The van der Waals surface area contributed by atoms with E-state index < -0.39 is 11.6 Å². The van der Waals surface area contributed by atoms with Crippen LogP contribution in [0.2, 0.25) is 0 Å². The fourth-order valence-corrected chi connectivity index (χ4v) is 2.42. The molecule has 1 nitrogen and oxygen atoms in total. The van der Waals surface area contributed by atoms with Gasteiger partial charge in [0.1, 0.15) is 11.6 Å². The highest BCUT2D eigenvalue weighted by atomic mass is 19.1. The molecule has 2 aromatic rings. The lowest BCUT2D eigenvalue weighted by Gasteiger charge is -2.16. The Morgan fingerprint density at radius 3 is 1.73 bits per heavy atom. The monoisotopic (exact) mass is 301 g/mol. The first-order valence-corrected chi connectivity index (χ1v) is 7.52. The highest BCUT2D eigenvalue weighted by Crippen LogP contribution is 2.34. The van der Waals surface area contributed by atoms with Crippen molar-refractivity contribution in [3.8, 4) is 0 Å². The molecule has 0 unspecified atom stereocenters. The van der Waals surface area contributed by atoms with Gasteiger partial charge in [-0.2, -0.15) is 0 Å². The van der Waals surface area contributed by atoms with Crippen molar-refractivity contribution < 1.29 is 8.78 Å². The van der Waals surface area contributed by atoms with Crippen molar-refractivity contribution in [3.05, 3.63) is 64.7 Å². The minimum Gasteiger partial charge on any atom is -0.255 e. The van der Waals surface area contributed by atoms with Crippen LogP contribution in [0.25, 0.3) is 0 Å². The molecule has 0 saturated heterocycles. The van der Waals surface area contributed by atoms with Crippen LogP contribution in [-0.2, 0) is 0 Å². The van der Waals surface area contributed by atoms with E-state index in [1.165, 1.54) is 24.4 Å². The first kappa shape index (κ1) is 16.3. The summed E-state index contributed by atoms with van der Waals surface area (Å²) in [6, 6.07) is 9.86. The van der Waals surface area contributed by atoms with Crippen molar-refractivity contribution in [1.29, 1.82) is 0 Å². The highest BCUT2D eigenvalue weighted by molar-refractivity contribution is 5.83. The number of rotatable bonds is 4. The lowest BCUT2D eigenvalue weighted by molar-refractivity contribution is 0.580. The van der Waals surface area contributed by atoms with Gasteiger partial charge in [-0.25, -0.2) is 8.78 Å². The van der Waals surface area contributed by atoms with Crippen LogP contribution in [0, 0.1) is 11.6 Å². The molecule has 0 N–H and O–H groups in total. The third-order valence-corrected chi connectivity index (χ3v) is 3.66. The van der Waals surface area contributed by atoms with E-state index in [2.05, 4.69) is 32.7 Å². The Labute approximate surface area is 130 Å². The summed E-state index contributed by atoms with van der Waals surface area (Å²) in [5.41, 5.74) is 2.88. The zero-order valence-electron chi connectivity index (χ0n) is 13.4. The van der Waals surface area contributed by atoms with Crippen LogP contribution in [0.15, 0.2) is 41.4 Å². The molecule has 3 heteroatoms. The fraction of sp³-hybridized carbons (Fsp3) is 0.316. The summed E-state index contributed by atoms with van der Waals surface area (Å²) in [5.74, 6) is -0.624. The molecule has 0 aliphatic carbocycles. The molecule has 22 heavy (non-hydrogen) atoms. The van der Waals surface area contributed by atoms with Gasteiger partial charge in [0.2, 0.25) is 0 Å². The smallest absolute Gasteiger partial charge is 0.134 e. The molecular weight excluding hydrogens is 280 g/mol. The van der Waals surface area contributed by atoms with Gasteiger partial charge in [0.15, 0.2) is 0 Å². The van der Waals surface area contributed by atoms with Gasteiger partial charge in [-0.05, 0) is 35.1 Å². The van der Waals surface area contributed by atoms with E-state index in [0.717, 1.165) is 16.8 Å². The van der Waals surface area contributed by atoms with E-state index >= 15 is 0 Å². The predicted octanol–water partition coefficient (Wildman–Crippen LogP) is 5.96. The SMILES string of the molecule is CC(C)c1cccc(C(C)C)c1N=Cc1c(F)cccc1F. The molecule has 0 aliphatic rings. The Morgan fingerprint density at radius 2 is 1.27 bits per heavy atom. The van der Waals surface area contributed by atoms with E-state index in [9.17, 15) is 8.78 Å². The van der Waals surface area contributed by atoms with Gasteiger partial charge >= 0.3 is 0 Å². The zero-order chi connectivity index (χ0) is 16.3. The summed E-state index contributed by atoms with van der Waals surface area (Å²) in [6.07, 6.45) is 1.29. The lowest BCUT2D eigenvalue weighted by Crippen LogP contribution is -1.97. The van der Waals surface area contributed by atoms with Crippen LogP contribution in [0.4, 0.5) is 14.5 Å². The van der Waals surface area contributed by atoms with E-state index in [1.807, 2.05) is 18.2 Å². The number of hydrogen-bond donors (Lipinski definition) is 0. The first-order valence-electron chi connectivity index (χ1n) is 7.52. The molecule has 0 atom stereocenters. The maximum absolute atomic E-state index is 13.7. The molecule has 116 valence electrons. The van der Waals surface area contributed by atoms with Crippen molar-refractivity contribution >= 4 is 11.9 Å². The first-order chi connectivity index (χ1) is 10.4. The topological polar surface area (TPSA) is 12.4 Å². The van der Waals surface area contributed by atoms with Crippen LogP contribution in [-0.4, -0.2) is 6.21 Å². The van der Waals surface area contributed by atoms with Crippen LogP contribution >= 0.6 is 0 Å². The summed E-state index contributed by atoms with van der Waals surface area (Å²) in [7, 11) is 0. The minimum absolute atomic E-state index is 0.101. The Kier molecular flexibility index (Phi) is 5.07.